The van der Waals surface area contributed by atoms with E-state index < -0.39 is 5.91 Å². The van der Waals surface area contributed by atoms with E-state index in [1.54, 1.807) is 55.6 Å². The SMILES string of the molecule is COc1ccc(NC(=O)/C(C#N)=C\c2cc(I)c(OCc3cccc(F)c3)c(OC)c2)cc1. The number of amides is 1. The van der Waals surface area contributed by atoms with Gasteiger partial charge in [-0.1, -0.05) is 12.1 Å². The van der Waals surface area contributed by atoms with E-state index in [1.165, 1.54) is 25.3 Å². The van der Waals surface area contributed by atoms with Gasteiger partial charge in [0.15, 0.2) is 11.5 Å². The second-order valence-corrected chi connectivity index (χ2v) is 7.97. The van der Waals surface area contributed by atoms with Crippen LogP contribution in [0.3, 0.4) is 0 Å². The maximum Gasteiger partial charge on any atom is 0.266 e. The fourth-order valence-corrected chi connectivity index (χ4v) is 3.71. The number of anilines is 1. The normalized spacial score (nSPS) is 10.8. The highest BCUT2D eigenvalue weighted by Crippen LogP contribution is 2.35. The molecule has 0 atom stereocenters. The molecular weight excluding hydrogens is 538 g/mol. The predicted octanol–water partition coefficient (Wildman–Crippen LogP) is 5.57. The molecule has 6 nitrogen and oxygen atoms in total. The van der Waals surface area contributed by atoms with E-state index in [-0.39, 0.29) is 18.0 Å². The van der Waals surface area contributed by atoms with Gasteiger partial charge in [0.1, 0.15) is 29.8 Å². The Morgan fingerprint density at radius 2 is 1.88 bits per heavy atom. The molecule has 0 fully saturated rings. The molecule has 3 rings (SSSR count). The van der Waals surface area contributed by atoms with Crippen molar-refractivity contribution in [3.8, 4) is 23.3 Å². The molecule has 168 valence electrons. The standard InChI is InChI=1S/C25H20FIN2O4/c1-31-21-8-6-20(7-9-21)29-25(30)18(14-28)10-17-12-22(27)24(23(13-17)32-2)33-15-16-4-3-5-19(26)11-16/h3-13H,15H2,1-2H3,(H,29,30)/b18-10-. The Balaban J connectivity index is 1.79. The van der Waals surface area contributed by atoms with Gasteiger partial charge in [0.25, 0.3) is 5.91 Å². The summed E-state index contributed by atoms with van der Waals surface area (Å²) in [5, 5.41) is 12.2. The molecule has 0 saturated heterocycles. The number of carbonyl (C=O) groups is 1. The molecule has 1 amide bonds. The maximum absolute atomic E-state index is 13.4. The number of ether oxygens (including phenoxy) is 3. The van der Waals surface area contributed by atoms with E-state index in [9.17, 15) is 14.4 Å². The quantitative estimate of drug-likeness (QED) is 0.222. The van der Waals surface area contributed by atoms with Gasteiger partial charge in [0.2, 0.25) is 0 Å². The average Bonchev–Trinajstić information content (AvgIpc) is 2.82. The summed E-state index contributed by atoms with van der Waals surface area (Å²) in [5.74, 6) is 0.696. The van der Waals surface area contributed by atoms with Crippen molar-refractivity contribution in [1.29, 1.82) is 5.26 Å². The van der Waals surface area contributed by atoms with Gasteiger partial charge in [0.05, 0.1) is 17.8 Å². The van der Waals surface area contributed by atoms with Crippen LogP contribution in [0.4, 0.5) is 10.1 Å². The van der Waals surface area contributed by atoms with Crippen molar-refractivity contribution in [3.05, 3.63) is 86.8 Å². The Morgan fingerprint density at radius 1 is 1.12 bits per heavy atom. The zero-order chi connectivity index (χ0) is 23.8. The summed E-state index contributed by atoms with van der Waals surface area (Å²) in [4.78, 5) is 12.6. The second-order valence-electron chi connectivity index (χ2n) is 6.81. The van der Waals surface area contributed by atoms with Crippen molar-refractivity contribution >= 4 is 40.3 Å². The van der Waals surface area contributed by atoms with E-state index >= 15 is 0 Å². The third-order valence-electron chi connectivity index (χ3n) is 4.55. The van der Waals surface area contributed by atoms with Crippen LogP contribution in [0.1, 0.15) is 11.1 Å². The van der Waals surface area contributed by atoms with Crippen LogP contribution in [-0.4, -0.2) is 20.1 Å². The van der Waals surface area contributed by atoms with Crippen molar-refractivity contribution in [2.45, 2.75) is 6.61 Å². The highest BCUT2D eigenvalue weighted by atomic mass is 127. The third-order valence-corrected chi connectivity index (χ3v) is 5.35. The summed E-state index contributed by atoms with van der Waals surface area (Å²) in [6.45, 7) is 0.160. The Bertz CT molecular complexity index is 1220. The first-order valence-corrected chi connectivity index (χ1v) is 10.8. The molecule has 33 heavy (non-hydrogen) atoms. The van der Waals surface area contributed by atoms with Gasteiger partial charge in [0, 0.05) is 5.69 Å². The Kier molecular flexibility index (Phi) is 8.27. The summed E-state index contributed by atoms with van der Waals surface area (Å²) < 4.78 is 30.5. The lowest BCUT2D eigenvalue weighted by atomic mass is 10.1. The number of halogens is 2. The molecule has 8 heteroatoms. The molecular formula is C25H20FIN2O4. The van der Waals surface area contributed by atoms with Gasteiger partial charge in [-0.05, 0) is 88.3 Å². The largest absolute Gasteiger partial charge is 0.497 e. The molecule has 0 saturated carbocycles. The molecule has 0 bridgehead atoms. The second kappa shape index (κ2) is 11.3. The van der Waals surface area contributed by atoms with E-state index in [1.807, 2.05) is 6.07 Å². The van der Waals surface area contributed by atoms with Crippen molar-refractivity contribution in [3.63, 3.8) is 0 Å². The number of hydrogen-bond acceptors (Lipinski definition) is 5. The first kappa shape index (κ1) is 24.1. The van der Waals surface area contributed by atoms with Gasteiger partial charge in [-0.15, -0.1) is 0 Å². The first-order valence-electron chi connectivity index (χ1n) is 9.75. The Morgan fingerprint density at radius 3 is 2.52 bits per heavy atom. The van der Waals surface area contributed by atoms with Gasteiger partial charge in [-0.25, -0.2) is 4.39 Å². The molecule has 0 aromatic heterocycles. The summed E-state index contributed by atoms with van der Waals surface area (Å²) in [5.41, 5.74) is 1.74. The number of hydrogen-bond donors (Lipinski definition) is 1. The van der Waals surface area contributed by atoms with Crippen LogP contribution >= 0.6 is 22.6 Å². The lowest BCUT2D eigenvalue weighted by Crippen LogP contribution is -2.13. The summed E-state index contributed by atoms with van der Waals surface area (Å²) in [6, 6.07) is 18.3. The average molecular weight is 558 g/mol. The number of carbonyl (C=O) groups excluding carboxylic acids is 1. The molecule has 0 radical (unpaired) electrons. The van der Waals surface area contributed by atoms with E-state index in [0.717, 1.165) is 0 Å². The zero-order valence-electron chi connectivity index (χ0n) is 17.9. The highest BCUT2D eigenvalue weighted by molar-refractivity contribution is 14.1. The molecule has 3 aromatic rings. The van der Waals surface area contributed by atoms with Gasteiger partial charge < -0.3 is 19.5 Å². The van der Waals surface area contributed by atoms with Crippen molar-refractivity contribution in [2.75, 3.05) is 19.5 Å². The van der Waals surface area contributed by atoms with Crippen LogP contribution in [0.25, 0.3) is 6.08 Å². The number of methoxy groups -OCH3 is 2. The van der Waals surface area contributed by atoms with E-state index in [0.29, 0.717) is 37.6 Å². The lowest BCUT2D eigenvalue weighted by molar-refractivity contribution is -0.112. The molecule has 0 unspecified atom stereocenters. The molecule has 0 heterocycles. The topological polar surface area (TPSA) is 80.6 Å². The smallest absolute Gasteiger partial charge is 0.266 e. The number of nitrogens with one attached hydrogen (secondary N) is 1. The number of rotatable bonds is 8. The van der Waals surface area contributed by atoms with Crippen molar-refractivity contribution in [2.24, 2.45) is 0 Å². The lowest BCUT2D eigenvalue weighted by Gasteiger charge is -2.14. The zero-order valence-corrected chi connectivity index (χ0v) is 20.1. The summed E-state index contributed by atoms with van der Waals surface area (Å²) in [6.07, 6.45) is 1.47. The van der Waals surface area contributed by atoms with Gasteiger partial charge in [-0.2, -0.15) is 5.26 Å². The molecule has 0 aliphatic heterocycles. The minimum atomic E-state index is -0.539. The summed E-state index contributed by atoms with van der Waals surface area (Å²) in [7, 11) is 3.05. The number of nitriles is 1. The fraction of sp³-hybridized carbons (Fsp3) is 0.120. The predicted molar refractivity (Wildman–Crippen MR) is 132 cm³/mol. The third kappa shape index (κ3) is 6.46. The van der Waals surface area contributed by atoms with Gasteiger partial charge in [-0.3, -0.25) is 4.79 Å². The Labute approximate surface area is 204 Å². The van der Waals surface area contributed by atoms with E-state index in [4.69, 9.17) is 14.2 Å². The molecule has 0 aliphatic rings. The first-order chi connectivity index (χ1) is 15.9. The fourth-order valence-electron chi connectivity index (χ4n) is 2.93. The van der Waals surface area contributed by atoms with Crippen molar-refractivity contribution < 1.29 is 23.4 Å². The van der Waals surface area contributed by atoms with Crippen LogP contribution in [0, 0.1) is 20.7 Å². The van der Waals surface area contributed by atoms with Crippen LogP contribution in [0.5, 0.6) is 17.2 Å². The Hall–Kier alpha value is -3.58. The van der Waals surface area contributed by atoms with Gasteiger partial charge >= 0.3 is 0 Å². The summed E-state index contributed by atoms with van der Waals surface area (Å²) >= 11 is 2.08. The molecule has 1 N–H and O–H groups in total. The molecule has 0 aliphatic carbocycles. The van der Waals surface area contributed by atoms with Crippen LogP contribution in [-0.2, 0) is 11.4 Å². The minimum Gasteiger partial charge on any atom is -0.497 e. The minimum absolute atomic E-state index is 0.0721. The highest BCUT2D eigenvalue weighted by Gasteiger charge is 2.14. The van der Waals surface area contributed by atoms with Crippen molar-refractivity contribution in [1.82, 2.24) is 0 Å². The number of benzene rings is 3. The molecule has 3 aromatic carbocycles. The monoisotopic (exact) mass is 558 g/mol. The number of nitrogens with zero attached hydrogens (tertiary/aromatic N) is 1. The van der Waals surface area contributed by atoms with Crippen LogP contribution in [0.15, 0.2) is 66.2 Å². The maximum atomic E-state index is 13.4. The van der Waals surface area contributed by atoms with Crippen LogP contribution in [0.2, 0.25) is 0 Å². The van der Waals surface area contributed by atoms with E-state index in [2.05, 4.69) is 27.9 Å². The molecule has 0 spiro atoms. The van der Waals surface area contributed by atoms with Crippen LogP contribution < -0.4 is 19.5 Å².